The van der Waals surface area contributed by atoms with Crippen LogP contribution in [0, 0.1) is 0 Å². The van der Waals surface area contributed by atoms with Crippen molar-refractivity contribution in [2.75, 3.05) is 13.1 Å². The van der Waals surface area contributed by atoms with Crippen molar-refractivity contribution in [1.82, 2.24) is 9.80 Å². The molecule has 0 aromatic heterocycles. The maximum absolute atomic E-state index is 13.3. The first-order valence-electron chi connectivity index (χ1n) is 9.63. The minimum atomic E-state index is -0.498. The van der Waals surface area contributed by atoms with Crippen molar-refractivity contribution in [3.05, 3.63) is 34.9 Å². The van der Waals surface area contributed by atoms with E-state index in [0.717, 1.165) is 50.4 Å². The number of fused-ring (bicyclic) bond motifs is 2. The highest BCUT2D eigenvalue weighted by Gasteiger charge is 2.60. The number of carbonyl (C=O) groups excluding carboxylic acids is 2. The Labute approximate surface area is 148 Å². The number of nitrogens with two attached hydrogens (primary N) is 1. The molecule has 5 nitrogen and oxygen atoms in total. The van der Waals surface area contributed by atoms with E-state index in [-0.39, 0.29) is 11.4 Å². The molecule has 0 atom stereocenters. The van der Waals surface area contributed by atoms with Crippen LogP contribution in [0.15, 0.2) is 18.2 Å². The Morgan fingerprint density at radius 1 is 1.08 bits per heavy atom. The van der Waals surface area contributed by atoms with Crippen molar-refractivity contribution in [2.45, 2.75) is 62.6 Å². The van der Waals surface area contributed by atoms with Crippen LogP contribution in [0.25, 0.3) is 0 Å². The summed E-state index contributed by atoms with van der Waals surface area (Å²) in [5.74, 6) is -0.466. The van der Waals surface area contributed by atoms with Crippen LogP contribution >= 0.6 is 0 Å². The molecule has 0 radical (unpaired) electrons. The predicted molar refractivity (Wildman–Crippen MR) is 94.3 cm³/mol. The molecule has 25 heavy (non-hydrogen) atoms. The van der Waals surface area contributed by atoms with Gasteiger partial charge in [0.25, 0.3) is 5.91 Å². The smallest absolute Gasteiger partial charge is 0.256 e. The number of rotatable bonds is 3. The van der Waals surface area contributed by atoms with E-state index in [1.54, 1.807) is 6.07 Å². The summed E-state index contributed by atoms with van der Waals surface area (Å²) in [4.78, 5) is 29.8. The van der Waals surface area contributed by atoms with Gasteiger partial charge in [0.1, 0.15) is 0 Å². The van der Waals surface area contributed by atoms with Gasteiger partial charge in [-0.2, -0.15) is 0 Å². The van der Waals surface area contributed by atoms with Crippen LogP contribution < -0.4 is 5.73 Å². The van der Waals surface area contributed by atoms with E-state index < -0.39 is 5.91 Å². The summed E-state index contributed by atoms with van der Waals surface area (Å²) in [5, 5.41) is 0. The van der Waals surface area contributed by atoms with Gasteiger partial charge in [-0.15, -0.1) is 0 Å². The Hall–Kier alpha value is -1.88. The first kappa shape index (κ1) is 15.4. The Kier molecular flexibility index (Phi) is 3.26. The van der Waals surface area contributed by atoms with Crippen molar-refractivity contribution < 1.29 is 9.59 Å². The van der Waals surface area contributed by atoms with Crippen LogP contribution in [0.5, 0.6) is 0 Å². The van der Waals surface area contributed by atoms with E-state index in [0.29, 0.717) is 17.2 Å². The van der Waals surface area contributed by atoms with Crippen molar-refractivity contribution >= 4 is 11.8 Å². The lowest BCUT2D eigenvalue weighted by Gasteiger charge is -2.45. The van der Waals surface area contributed by atoms with Crippen molar-refractivity contribution in [3.63, 3.8) is 0 Å². The quantitative estimate of drug-likeness (QED) is 0.918. The van der Waals surface area contributed by atoms with E-state index in [1.165, 1.54) is 19.3 Å². The number of hydrogen-bond acceptors (Lipinski definition) is 3. The first-order valence-corrected chi connectivity index (χ1v) is 9.63. The number of nitrogens with zero attached hydrogens (tertiary/aromatic N) is 2. The lowest BCUT2D eigenvalue weighted by Crippen LogP contribution is -2.52. The van der Waals surface area contributed by atoms with Crippen molar-refractivity contribution in [3.8, 4) is 0 Å². The second kappa shape index (κ2) is 5.31. The summed E-state index contributed by atoms with van der Waals surface area (Å²) in [7, 11) is 0. The molecule has 2 aliphatic carbocycles. The minimum absolute atomic E-state index is 0.0315. The molecule has 4 aliphatic rings. The largest absolute Gasteiger partial charge is 0.366 e. The van der Waals surface area contributed by atoms with Gasteiger partial charge in [-0.1, -0.05) is 18.6 Å². The number of likely N-dealkylation sites (tertiary alicyclic amines) is 1. The molecule has 2 heterocycles. The first-order chi connectivity index (χ1) is 12.1. The molecule has 2 N–H and O–H groups in total. The van der Waals surface area contributed by atoms with Gasteiger partial charge in [0, 0.05) is 25.2 Å². The summed E-state index contributed by atoms with van der Waals surface area (Å²) >= 11 is 0. The molecular formula is C20H25N3O2. The van der Waals surface area contributed by atoms with Crippen molar-refractivity contribution in [1.29, 1.82) is 0 Å². The van der Waals surface area contributed by atoms with Crippen molar-refractivity contribution in [2.24, 2.45) is 5.73 Å². The highest BCUT2D eigenvalue weighted by atomic mass is 16.2. The summed E-state index contributed by atoms with van der Waals surface area (Å²) in [6.07, 6.45) is 8.15. The topological polar surface area (TPSA) is 66.6 Å². The van der Waals surface area contributed by atoms with Gasteiger partial charge in [-0.25, -0.2) is 0 Å². The second-order valence-electron chi connectivity index (χ2n) is 8.15. The normalized spacial score (nSPS) is 25.9. The molecule has 2 aliphatic heterocycles. The van der Waals surface area contributed by atoms with Gasteiger partial charge in [0.2, 0.25) is 5.91 Å². The summed E-state index contributed by atoms with van der Waals surface area (Å²) < 4.78 is 0. The fourth-order valence-corrected chi connectivity index (χ4v) is 5.23. The fourth-order valence-electron chi connectivity index (χ4n) is 5.23. The average molecular weight is 339 g/mol. The molecule has 3 fully saturated rings. The van der Waals surface area contributed by atoms with Crippen LogP contribution in [0.1, 0.15) is 71.2 Å². The Morgan fingerprint density at radius 3 is 2.36 bits per heavy atom. The van der Waals surface area contributed by atoms with E-state index in [1.807, 2.05) is 12.1 Å². The maximum Gasteiger partial charge on any atom is 0.256 e. The van der Waals surface area contributed by atoms with E-state index in [2.05, 4.69) is 9.80 Å². The molecular weight excluding hydrogens is 314 g/mol. The maximum atomic E-state index is 13.3. The SMILES string of the molecule is NC(=O)c1cccc2c1C(=O)N(C1CCN(C3CCC3)CC1)C21CC1. The van der Waals surface area contributed by atoms with Gasteiger partial charge in [-0.3, -0.25) is 9.59 Å². The molecule has 5 rings (SSSR count). The molecule has 1 spiro atoms. The number of amides is 2. The molecule has 1 aromatic carbocycles. The second-order valence-corrected chi connectivity index (χ2v) is 8.15. The Bertz CT molecular complexity index is 743. The summed E-state index contributed by atoms with van der Waals surface area (Å²) in [6, 6.07) is 6.66. The zero-order valence-electron chi connectivity index (χ0n) is 14.5. The number of hydrogen-bond donors (Lipinski definition) is 1. The molecule has 1 aromatic rings. The summed E-state index contributed by atoms with van der Waals surface area (Å²) in [6.45, 7) is 2.18. The number of piperidine rings is 1. The monoisotopic (exact) mass is 339 g/mol. The van der Waals surface area contributed by atoms with Gasteiger partial charge < -0.3 is 15.5 Å². The zero-order chi connectivity index (χ0) is 17.2. The third-order valence-corrected chi connectivity index (χ3v) is 6.90. The average Bonchev–Trinajstić information content (AvgIpc) is 3.31. The van der Waals surface area contributed by atoms with Crippen LogP contribution in [0.3, 0.4) is 0 Å². The fraction of sp³-hybridized carbons (Fsp3) is 0.600. The third kappa shape index (κ3) is 2.11. The van der Waals surface area contributed by atoms with Gasteiger partial charge in [0.15, 0.2) is 0 Å². The summed E-state index contributed by atoms with van der Waals surface area (Å²) in [5.41, 5.74) is 7.39. The van der Waals surface area contributed by atoms with Gasteiger partial charge in [-0.05, 0) is 50.2 Å². The molecule has 2 amide bonds. The van der Waals surface area contributed by atoms with Crippen LogP contribution in [-0.2, 0) is 5.54 Å². The van der Waals surface area contributed by atoms with Crippen LogP contribution in [0.4, 0.5) is 0 Å². The molecule has 5 heteroatoms. The highest BCUT2D eigenvalue weighted by Crippen LogP contribution is 2.58. The molecule has 1 saturated heterocycles. The number of carbonyl (C=O) groups is 2. The lowest BCUT2D eigenvalue weighted by atomic mass is 9.89. The van der Waals surface area contributed by atoms with Gasteiger partial charge in [0.05, 0.1) is 16.7 Å². The lowest BCUT2D eigenvalue weighted by molar-refractivity contribution is 0.0308. The van der Waals surface area contributed by atoms with Gasteiger partial charge >= 0.3 is 0 Å². The predicted octanol–water partition coefficient (Wildman–Crippen LogP) is 2.25. The minimum Gasteiger partial charge on any atom is -0.366 e. The highest BCUT2D eigenvalue weighted by molar-refractivity contribution is 6.10. The Morgan fingerprint density at radius 2 is 1.80 bits per heavy atom. The third-order valence-electron chi connectivity index (χ3n) is 6.90. The van der Waals surface area contributed by atoms with E-state index in [9.17, 15) is 9.59 Å². The van der Waals surface area contributed by atoms with E-state index in [4.69, 9.17) is 5.73 Å². The Balaban J connectivity index is 1.43. The molecule has 132 valence electrons. The molecule has 0 unspecified atom stereocenters. The standard InChI is InChI=1S/C20H25N3O2/c21-18(24)15-5-2-6-16-17(15)19(25)23(20(16)9-10-20)14-7-11-22(12-8-14)13-3-1-4-13/h2,5-6,13-14H,1,3-4,7-12H2,(H2,21,24). The van der Waals surface area contributed by atoms with E-state index >= 15 is 0 Å². The number of benzene rings is 1. The van der Waals surface area contributed by atoms with Crippen LogP contribution in [0.2, 0.25) is 0 Å². The number of primary amides is 1. The molecule has 0 bridgehead atoms. The van der Waals surface area contributed by atoms with Crippen LogP contribution in [-0.4, -0.2) is 46.8 Å². The molecule has 2 saturated carbocycles. The zero-order valence-corrected chi connectivity index (χ0v) is 14.5.